The molecule has 1 fully saturated rings. The van der Waals surface area contributed by atoms with Crippen molar-refractivity contribution in [2.45, 2.75) is 37.8 Å². The summed E-state index contributed by atoms with van der Waals surface area (Å²) in [5.41, 5.74) is 0.946. The monoisotopic (exact) mass is 463 g/mol. The summed E-state index contributed by atoms with van der Waals surface area (Å²) < 4.78 is 18.7. The van der Waals surface area contributed by atoms with Crippen molar-refractivity contribution in [1.82, 2.24) is 10.6 Å². The summed E-state index contributed by atoms with van der Waals surface area (Å²) in [4.78, 5) is 40.7. The molecule has 0 aliphatic heterocycles. The smallest absolute Gasteiger partial charge is 0.287 e. The minimum atomic E-state index is -1.04. The summed E-state index contributed by atoms with van der Waals surface area (Å²) >= 11 is 0. The Hall–Kier alpha value is -3.94. The average molecular weight is 464 g/mol. The number of nitrogens with zero attached hydrogens (tertiary/aromatic N) is 1. The van der Waals surface area contributed by atoms with Gasteiger partial charge in [-0.25, -0.2) is 4.39 Å². The first-order chi connectivity index (χ1) is 16.5. The Balaban J connectivity index is 1.65. The van der Waals surface area contributed by atoms with Crippen LogP contribution >= 0.6 is 0 Å². The summed E-state index contributed by atoms with van der Waals surface area (Å²) in [7, 11) is 0. The maximum Gasteiger partial charge on any atom is 0.287 e. The van der Waals surface area contributed by atoms with Gasteiger partial charge in [0.05, 0.1) is 12.8 Å². The second-order valence-electron chi connectivity index (χ2n) is 8.20. The number of benzene rings is 2. The van der Waals surface area contributed by atoms with E-state index in [-0.39, 0.29) is 24.3 Å². The van der Waals surface area contributed by atoms with Crippen molar-refractivity contribution in [2.24, 2.45) is 0 Å². The van der Waals surface area contributed by atoms with E-state index in [0.29, 0.717) is 11.3 Å². The van der Waals surface area contributed by atoms with Gasteiger partial charge in [0.1, 0.15) is 11.9 Å². The molecule has 1 aliphatic carbocycles. The molecule has 7 nitrogen and oxygen atoms in total. The number of carbonyl (C=O) groups excluding carboxylic acids is 3. The van der Waals surface area contributed by atoms with Crippen LogP contribution in [0, 0.1) is 5.82 Å². The van der Waals surface area contributed by atoms with Crippen LogP contribution in [-0.4, -0.2) is 30.3 Å². The lowest BCUT2D eigenvalue weighted by Gasteiger charge is -2.32. The van der Waals surface area contributed by atoms with E-state index in [1.54, 1.807) is 36.4 Å². The van der Waals surface area contributed by atoms with Crippen LogP contribution in [0.5, 0.6) is 0 Å². The molecule has 1 aromatic heterocycles. The van der Waals surface area contributed by atoms with E-state index in [1.165, 1.54) is 41.5 Å². The van der Waals surface area contributed by atoms with Crippen LogP contribution in [0.4, 0.5) is 10.1 Å². The fraction of sp³-hybridized carbons (Fsp3) is 0.269. The van der Waals surface area contributed by atoms with Gasteiger partial charge in [0, 0.05) is 11.7 Å². The number of hydrogen-bond acceptors (Lipinski definition) is 4. The minimum Gasteiger partial charge on any atom is -0.459 e. The molecule has 8 heteroatoms. The highest BCUT2D eigenvalue weighted by molar-refractivity contribution is 6.04. The quantitative estimate of drug-likeness (QED) is 0.529. The number of halogens is 1. The summed E-state index contributed by atoms with van der Waals surface area (Å²) in [6.45, 7) is -0.358. The van der Waals surface area contributed by atoms with E-state index in [0.717, 1.165) is 25.7 Å². The van der Waals surface area contributed by atoms with Gasteiger partial charge in [0.25, 0.3) is 5.91 Å². The van der Waals surface area contributed by atoms with Crippen molar-refractivity contribution in [1.29, 1.82) is 0 Å². The average Bonchev–Trinajstić information content (AvgIpc) is 3.57. The molecule has 0 radical (unpaired) electrons. The Morgan fingerprint density at radius 1 is 0.971 bits per heavy atom. The molecule has 0 unspecified atom stereocenters. The molecular formula is C26H26FN3O4. The van der Waals surface area contributed by atoms with Crippen LogP contribution in [0.2, 0.25) is 0 Å². The fourth-order valence-electron chi connectivity index (χ4n) is 4.17. The maximum absolute atomic E-state index is 13.7. The third-order valence-electron chi connectivity index (χ3n) is 5.84. The molecule has 0 saturated heterocycles. The molecule has 3 amide bonds. The zero-order chi connectivity index (χ0) is 23.9. The molecule has 0 spiro atoms. The highest BCUT2D eigenvalue weighted by Crippen LogP contribution is 2.29. The Morgan fingerprint density at radius 3 is 2.32 bits per heavy atom. The van der Waals surface area contributed by atoms with Crippen molar-refractivity contribution >= 4 is 23.4 Å². The second-order valence-corrected chi connectivity index (χ2v) is 8.20. The van der Waals surface area contributed by atoms with Crippen molar-refractivity contribution in [3.63, 3.8) is 0 Å². The van der Waals surface area contributed by atoms with Gasteiger partial charge in [-0.1, -0.05) is 43.2 Å². The molecule has 1 aliphatic rings. The molecule has 3 aromatic rings. The molecule has 2 N–H and O–H groups in total. The largest absolute Gasteiger partial charge is 0.459 e. The van der Waals surface area contributed by atoms with Crippen LogP contribution in [0.15, 0.2) is 77.4 Å². The van der Waals surface area contributed by atoms with Crippen LogP contribution in [-0.2, 0) is 9.59 Å². The van der Waals surface area contributed by atoms with Crippen LogP contribution in [0.3, 0.4) is 0 Å². The molecule has 0 bridgehead atoms. The van der Waals surface area contributed by atoms with Crippen molar-refractivity contribution < 1.29 is 23.2 Å². The highest BCUT2D eigenvalue weighted by atomic mass is 19.1. The number of carbonyl (C=O) groups is 3. The summed E-state index contributed by atoms with van der Waals surface area (Å²) in [6.07, 6.45) is 5.18. The lowest BCUT2D eigenvalue weighted by molar-refractivity contribution is -0.126. The minimum absolute atomic E-state index is 0.0295. The zero-order valence-corrected chi connectivity index (χ0v) is 18.6. The highest BCUT2D eigenvalue weighted by Gasteiger charge is 2.34. The number of rotatable bonds is 8. The molecule has 2 aromatic carbocycles. The normalized spacial score (nSPS) is 14.4. The second kappa shape index (κ2) is 10.8. The zero-order valence-electron chi connectivity index (χ0n) is 18.6. The lowest BCUT2D eigenvalue weighted by atomic mass is 10.0. The Labute approximate surface area is 196 Å². The predicted octanol–water partition coefficient (Wildman–Crippen LogP) is 3.98. The first kappa shape index (κ1) is 23.2. The third kappa shape index (κ3) is 5.51. The number of nitrogens with one attached hydrogen (secondary N) is 2. The predicted molar refractivity (Wildman–Crippen MR) is 125 cm³/mol. The van der Waals surface area contributed by atoms with Gasteiger partial charge in [0.15, 0.2) is 5.76 Å². The maximum atomic E-state index is 13.7. The molecule has 1 saturated carbocycles. The van der Waals surface area contributed by atoms with Crippen molar-refractivity contribution in [2.75, 3.05) is 11.4 Å². The topological polar surface area (TPSA) is 91.7 Å². The van der Waals surface area contributed by atoms with Gasteiger partial charge >= 0.3 is 0 Å². The fourth-order valence-corrected chi connectivity index (χ4v) is 4.17. The van der Waals surface area contributed by atoms with Crippen LogP contribution in [0.1, 0.15) is 47.8 Å². The van der Waals surface area contributed by atoms with E-state index < -0.39 is 23.7 Å². The van der Waals surface area contributed by atoms with Gasteiger partial charge in [-0.2, -0.15) is 0 Å². The van der Waals surface area contributed by atoms with E-state index in [1.807, 2.05) is 0 Å². The Morgan fingerprint density at radius 2 is 1.68 bits per heavy atom. The van der Waals surface area contributed by atoms with Gasteiger partial charge in [-0.05, 0) is 54.8 Å². The van der Waals surface area contributed by atoms with E-state index in [2.05, 4.69) is 10.6 Å². The number of hydrogen-bond donors (Lipinski definition) is 2. The Bertz CT molecular complexity index is 1110. The standard InChI is InChI=1S/C26H26FN3O4/c27-19-14-12-18(13-15-19)24(26(33)29-20-7-4-5-8-20)30(21-9-2-1-3-10-21)23(31)17-28-25(32)22-11-6-16-34-22/h1-3,6,9-16,20,24H,4-5,7-8,17H2,(H,28,32)(H,29,33)/t24-/m1/s1. The number of furan rings is 1. The molecular weight excluding hydrogens is 437 g/mol. The molecule has 4 rings (SSSR count). The van der Waals surface area contributed by atoms with Gasteiger partial charge in [0.2, 0.25) is 11.8 Å². The van der Waals surface area contributed by atoms with E-state index >= 15 is 0 Å². The number of anilines is 1. The van der Waals surface area contributed by atoms with Gasteiger partial charge in [-0.3, -0.25) is 19.3 Å². The van der Waals surface area contributed by atoms with E-state index in [4.69, 9.17) is 4.42 Å². The van der Waals surface area contributed by atoms with Crippen LogP contribution in [0.25, 0.3) is 0 Å². The van der Waals surface area contributed by atoms with Crippen molar-refractivity contribution in [3.8, 4) is 0 Å². The van der Waals surface area contributed by atoms with E-state index in [9.17, 15) is 18.8 Å². The van der Waals surface area contributed by atoms with Gasteiger partial charge < -0.3 is 15.1 Å². The summed E-state index contributed by atoms with van der Waals surface area (Å²) in [6, 6.07) is 16.3. The number of amides is 3. The summed E-state index contributed by atoms with van der Waals surface area (Å²) in [5, 5.41) is 5.60. The Kier molecular flexibility index (Phi) is 7.37. The lowest BCUT2D eigenvalue weighted by Crippen LogP contribution is -2.49. The molecule has 34 heavy (non-hydrogen) atoms. The molecule has 176 valence electrons. The number of para-hydroxylation sites is 1. The summed E-state index contributed by atoms with van der Waals surface area (Å²) in [5.74, 6) is -1.76. The first-order valence-corrected chi connectivity index (χ1v) is 11.3. The SMILES string of the molecule is O=C(NCC(=O)N(c1ccccc1)[C@@H](C(=O)NC1CCCC1)c1ccc(F)cc1)c1ccco1. The molecule has 1 heterocycles. The van der Waals surface area contributed by atoms with Gasteiger partial charge in [-0.15, -0.1) is 0 Å². The van der Waals surface area contributed by atoms with Crippen molar-refractivity contribution in [3.05, 3.63) is 90.1 Å². The van der Waals surface area contributed by atoms with Crippen LogP contribution < -0.4 is 15.5 Å². The third-order valence-corrected chi connectivity index (χ3v) is 5.84. The molecule has 1 atom stereocenters. The first-order valence-electron chi connectivity index (χ1n) is 11.3.